The fourth-order valence-corrected chi connectivity index (χ4v) is 3.50. The number of Topliss-reactive ketones (excluding diaryl/α,β-unsaturated/α-hetero) is 1. The van der Waals surface area contributed by atoms with Crippen molar-refractivity contribution in [1.82, 2.24) is 10.2 Å². The summed E-state index contributed by atoms with van der Waals surface area (Å²) in [6, 6.07) is 10.9. The number of hydrogen-bond donors (Lipinski definition) is 0. The quantitative estimate of drug-likeness (QED) is 0.395. The molecule has 0 saturated carbocycles. The maximum Gasteiger partial charge on any atom is 0.277 e. The zero-order valence-electron chi connectivity index (χ0n) is 16.9. The third-order valence-corrected chi connectivity index (χ3v) is 5.24. The molecular weight excluding hydrogens is 392 g/mol. The summed E-state index contributed by atoms with van der Waals surface area (Å²) < 4.78 is 21.8. The summed E-state index contributed by atoms with van der Waals surface area (Å²) in [6.45, 7) is 3.80. The summed E-state index contributed by atoms with van der Waals surface area (Å²) >= 11 is 1.22. The molecular formula is C21H22N2O5S. The highest BCUT2D eigenvalue weighted by molar-refractivity contribution is 8.00. The lowest BCUT2D eigenvalue weighted by atomic mass is 10.1. The van der Waals surface area contributed by atoms with Gasteiger partial charge in [0.1, 0.15) is 0 Å². The van der Waals surface area contributed by atoms with Gasteiger partial charge in [0.15, 0.2) is 17.3 Å². The Labute approximate surface area is 173 Å². The first-order valence-electron chi connectivity index (χ1n) is 8.88. The molecule has 0 radical (unpaired) electrons. The number of aromatic nitrogens is 2. The van der Waals surface area contributed by atoms with Crippen molar-refractivity contribution in [2.75, 3.05) is 21.3 Å². The molecule has 0 unspecified atom stereocenters. The second-order valence-corrected chi connectivity index (χ2v) is 7.57. The fourth-order valence-electron chi connectivity index (χ4n) is 2.74. The number of nitrogens with zero attached hydrogens (tertiary/aromatic N) is 2. The van der Waals surface area contributed by atoms with E-state index in [-0.39, 0.29) is 11.0 Å². The van der Waals surface area contributed by atoms with E-state index < -0.39 is 0 Å². The van der Waals surface area contributed by atoms with Crippen LogP contribution in [0.2, 0.25) is 0 Å². The van der Waals surface area contributed by atoms with E-state index in [1.165, 1.54) is 33.1 Å². The lowest BCUT2D eigenvalue weighted by molar-refractivity contribution is 0.0993. The smallest absolute Gasteiger partial charge is 0.277 e. The zero-order valence-corrected chi connectivity index (χ0v) is 17.7. The molecule has 0 N–H and O–H groups in total. The zero-order chi connectivity index (χ0) is 21.0. The number of rotatable bonds is 8. The molecule has 3 rings (SSSR count). The van der Waals surface area contributed by atoms with E-state index in [9.17, 15) is 4.79 Å². The summed E-state index contributed by atoms with van der Waals surface area (Å²) in [4.78, 5) is 12.6. The number of benzene rings is 2. The van der Waals surface area contributed by atoms with Gasteiger partial charge in [-0.05, 0) is 26.0 Å². The van der Waals surface area contributed by atoms with Crippen LogP contribution in [0.1, 0.15) is 22.8 Å². The van der Waals surface area contributed by atoms with E-state index in [0.29, 0.717) is 39.5 Å². The van der Waals surface area contributed by atoms with Gasteiger partial charge in [-0.3, -0.25) is 4.79 Å². The van der Waals surface area contributed by atoms with Crippen LogP contribution in [0, 0.1) is 6.92 Å². The minimum atomic E-state index is -0.369. The minimum Gasteiger partial charge on any atom is -0.493 e. The molecule has 7 nitrogen and oxygen atoms in total. The van der Waals surface area contributed by atoms with Crippen molar-refractivity contribution in [3.63, 3.8) is 0 Å². The van der Waals surface area contributed by atoms with Gasteiger partial charge in [-0.1, -0.05) is 41.6 Å². The van der Waals surface area contributed by atoms with Crippen molar-refractivity contribution in [2.24, 2.45) is 0 Å². The van der Waals surface area contributed by atoms with Crippen molar-refractivity contribution in [3.8, 4) is 28.7 Å². The van der Waals surface area contributed by atoms with Gasteiger partial charge in [0.2, 0.25) is 11.6 Å². The largest absolute Gasteiger partial charge is 0.493 e. The molecule has 8 heteroatoms. The van der Waals surface area contributed by atoms with E-state index in [0.717, 1.165) is 5.56 Å². The van der Waals surface area contributed by atoms with Crippen molar-refractivity contribution >= 4 is 17.5 Å². The Hall–Kier alpha value is -3.00. The normalized spacial score (nSPS) is 11.8. The third-order valence-electron chi connectivity index (χ3n) is 4.30. The second-order valence-electron chi connectivity index (χ2n) is 6.28. The molecule has 0 aliphatic rings. The average Bonchev–Trinajstić information content (AvgIpc) is 3.21. The number of methoxy groups -OCH3 is 3. The Balaban J connectivity index is 1.80. The number of carbonyl (C=O) groups excluding carboxylic acids is 1. The SMILES string of the molecule is COc1cc(-c2nnc(S[C@@H](C)C(=O)c3ccc(C)cc3)o2)cc(OC)c1OC. The molecule has 0 bridgehead atoms. The molecule has 1 atom stereocenters. The molecule has 0 spiro atoms. The number of ketones is 1. The first kappa shape index (κ1) is 20.7. The van der Waals surface area contributed by atoms with E-state index in [1.54, 1.807) is 12.1 Å². The van der Waals surface area contributed by atoms with Crippen LogP contribution < -0.4 is 14.2 Å². The van der Waals surface area contributed by atoms with Gasteiger partial charge in [-0.15, -0.1) is 10.2 Å². The predicted octanol–water partition coefficient (Wildman–Crippen LogP) is 4.43. The monoisotopic (exact) mass is 414 g/mol. The number of thioether (sulfide) groups is 1. The van der Waals surface area contributed by atoms with Gasteiger partial charge in [0.05, 0.1) is 26.6 Å². The Morgan fingerprint density at radius 3 is 2.17 bits per heavy atom. The Kier molecular flexibility index (Phi) is 6.43. The van der Waals surface area contributed by atoms with Gasteiger partial charge in [0.25, 0.3) is 5.22 Å². The molecule has 29 heavy (non-hydrogen) atoms. The van der Waals surface area contributed by atoms with Crippen molar-refractivity contribution in [1.29, 1.82) is 0 Å². The molecule has 0 saturated heterocycles. The van der Waals surface area contributed by atoms with Gasteiger partial charge in [0, 0.05) is 11.1 Å². The molecule has 2 aromatic carbocycles. The van der Waals surface area contributed by atoms with Gasteiger partial charge in [-0.25, -0.2) is 0 Å². The van der Waals surface area contributed by atoms with Gasteiger partial charge < -0.3 is 18.6 Å². The molecule has 0 aliphatic heterocycles. The van der Waals surface area contributed by atoms with Crippen LogP contribution in [0.25, 0.3) is 11.5 Å². The maximum absolute atomic E-state index is 12.6. The van der Waals surface area contributed by atoms with Gasteiger partial charge in [-0.2, -0.15) is 0 Å². The summed E-state index contributed by atoms with van der Waals surface area (Å²) in [6.07, 6.45) is 0. The van der Waals surface area contributed by atoms with E-state index in [4.69, 9.17) is 18.6 Å². The Morgan fingerprint density at radius 2 is 1.62 bits per heavy atom. The van der Waals surface area contributed by atoms with E-state index >= 15 is 0 Å². The van der Waals surface area contributed by atoms with Crippen molar-refractivity contribution in [2.45, 2.75) is 24.3 Å². The average molecular weight is 414 g/mol. The lowest BCUT2D eigenvalue weighted by Gasteiger charge is -2.12. The molecule has 0 aliphatic carbocycles. The lowest BCUT2D eigenvalue weighted by Crippen LogP contribution is -2.13. The van der Waals surface area contributed by atoms with Crippen LogP contribution in [-0.2, 0) is 0 Å². The summed E-state index contributed by atoms with van der Waals surface area (Å²) in [5.74, 6) is 1.74. The predicted molar refractivity (Wildman–Crippen MR) is 110 cm³/mol. The Morgan fingerprint density at radius 1 is 1.00 bits per heavy atom. The topological polar surface area (TPSA) is 83.7 Å². The van der Waals surface area contributed by atoms with Crippen LogP contribution in [0.5, 0.6) is 17.2 Å². The fraction of sp³-hybridized carbons (Fsp3) is 0.286. The summed E-state index contributed by atoms with van der Waals surface area (Å²) in [5, 5.41) is 8.08. The summed E-state index contributed by atoms with van der Waals surface area (Å²) in [5.41, 5.74) is 2.38. The van der Waals surface area contributed by atoms with Crippen LogP contribution in [-0.4, -0.2) is 42.6 Å². The second kappa shape index (κ2) is 9.00. The van der Waals surface area contributed by atoms with Crippen molar-refractivity contribution in [3.05, 3.63) is 47.5 Å². The number of hydrogen-bond acceptors (Lipinski definition) is 8. The number of carbonyl (C=O) groups is 1. The third kappa shape index (κ3) is 4.54. The molecule has 0 amide bonds. The first-order valence-corrected chi connectivity index (χ1v) is 9.76. The molecule has 3 aromatic rings. The molecule has 0 fully saturated rings. The molecule has 152 valence electrons. The maximum atomic E-state index is 12.6. The van der Waals surface area contributed by atoms with Crippen LogP contribution in [0.15, 0.2) is 46.0 Å². The highest BCUT2D eigenvalue weighted by Gasteiger charge is 2.21. The minimum absolute atomic E-state index is 0.00235. The number of ether oxygens (including phenoxy) is 3. The Bertz CT molecular complexity index is 976. The van der Waals surface area contributed by atoms with E-state index in [2.05, 4.69) is 10.2 Å². The van der Waals surface area contributed by atoms with Crippen LogP contribution >= 0.6 is 11.8 Å². The standard InChI is InChI=1S/C21H22N2O5S/c1-12-6-8-14(9-7-12)18(24)13(2)29-21-23-22-20(28-21)15-10-16(25-3)19(27-5)17(11-15)26-4/h6-11,13H,1-5H3/t13-/m0/s1. The van der Waals surface area contributed by atoms with Crippen LogP contribution in [0.4, 0.5) is 0 Å². The summed E-state index contributed by atoms with van der Waals surface area (Å²) in [7, 11) is 4.61. The highest BCUT2D eigenvalue weighted by atomic mass is 32.2. The van der Waals surface area contributed by atoms with Crippen LogP contribution in [0.3, 0.4) is 0 Å². The number of aryl methyl sites for hydroxylation is 1. The van der Waals surface area contributed by atoms with Gasteiger partial charge >= 0.3 is 0 Å². The first-order chi connectivity index (χ1) is 14.0. The molecule has 1 heterocycles. The molecule has 1 aromatic heterocycles. The highest BCUT2D eigenvalue weighted by Crippen LogP contribution is 2.41. The van der Waals surface area contributed by atoms with E-state index in [1.807, 2.05) is 38.1 Å². The van der Waals surface area contributed by atoms with Crippen molar-refractivity contribution < 1.29 is 23.4 Å².